The number of carbonyl (C=O) groups is 1. The third-order valence-electron chi connectivity index (χ3n) is 2.43. The Balaban J connectivity index is 2.84. The van der Waals surface area contributed by atoms with Gasteiger partial charge in [0.2, 0.25) is 0 Å². The fraction of sp³-hybridized carbons (Fsp3) is 0.500. The average Bonchev–Trinajstić information content (AvgIpc) is 2.34. The van der Waals surface area contributed by atoms with E-state index in [0.29, 0.717) is 24.5 Å². The Morgan fingerprint density at radius 2 is 2.24 bits per heavy atom. The number of ether oxygens (including phenoxy) is 1. The van der Waals surface area contributed by atoms with Crippen molar-refractivity contribution in [3.8, 4) is 0 Å². The number of anilines is 1. The molecule has 0 atom stereocenters. The number of methoxy groups -OCH3 is 1. The van der Waals surface area contributed by atoms with E-state index in [1.54, 1.807) is 38.2 Å². The number of nitrogens with zero attached hydrogens (tertiary/aromatic N) is 2. The molecule has 1 N–H and O–H groups in total. The van der Waals surface area contributed by atoms with Gasteiger partial charge >= 0.3 is 0 Å². The summed E-state index contributed by atoms with van der Waals surface area (Å²) >= 11 is 0. The van der Waals surface area contributed by atoms with E-state index in [0.717, 1.165) is 5.69 Å². The SMILES string of the molecule is CNc1cc(C(=O)N(C)CCOC)cc(C)n1. The lowest BCUT2D eigenvalue weighted by Crippen LogP contribution is -2.30. The minimum Gasteiger partial charge on any atom is -0.383 e. The molecule has 1 aromatic heterocycles. The summed E-state index contributed by atoms with van der Waals surface area (Å²) in [6, 6.07) is 3.53. The number of likely N-dealkylation sites (N-methyl/N-ethyl adjacent to an activating group) is 1. The maximum absolute atomic E-state index is 12.1. The molecule has 94 valence electrons. The molecule has 0 saturated carbocycles. The number of amides is 1. The van der Waals surface area contributed by atoms with Crippen LogP contribution in [0.25, 0.3) is 0 Å². The van der Waals surface area contributed by atoms with E-state index in [2.05, 4.69) is 10.3 Å². The van der Waals surface area contributed by atoms with Crippen molar-refractivity contribution < 1.29 is 9.53 Å². The molecule has 0 aliphatic carbocycles. The highest BCUT2D eigenvalue weighted by molar-refractivity contribution is 5.94. The molecule has 0 aromatic carbocycles. The van der Waals surface area contributed by atoms with E-state index < -0.39 is 0 Å². The van der Waals surface area contributed by atoms with Crippen LogP contribution in [0.3, 0.4) is 0 Å². The van der Waals surface area contributed by atoms with Crippen LogP contribution in [0.2, 0.25) is 0 Å². The van der Waals surface area contributed by atoms with Gasteiger partial charge in [0.15, 0.2) is 0 Å². The summed E-state index contributed by atoms with van der Waals surface area (Å²) in [6.45, 7) is 2.98. The number of hydrogen-bond acceptors (Lipinski definition) is 4. The van der Waals surface area contributed by atoms with Crippen molar-refractivity contribution in [2.75, 3.05) is 39.7 Å². The number of aryl methyl sites for hydroxylation is 1. The van der Waals surface area contributed by atoms with Gasteiger partial charge in [0.25, 0.3) is 5.91 Å². The third-order valence-corrected chi connectivity index (χ3v) is 2.43. The Bertz CT molecular complexity index is 393. The van der Waals surface area contributed by atoms with Gasteiger partial charge in [0.1, 0.15) is 5.82 Å². The fourth-order valence-electron chi connectivity index (χ4n) is 1.47. The second kappa shape index (κ2) is 6.20. The molecule has 5 heteroatoms. The molecule has 0 aliphatic rings. The van der Waals surface area contributed by atoms with Crippen LogP contribution in [0.5, 0.6) is 0 Å². The number of aromatic nitrogens is 1. The molecule has 0 saturated heterocycles. The van der Waals surface area contributed by atoms with E-state index in [1.165, 1.54) is 0 Å². The lowest BCUT2D eigenvalue weighted by Gasteiger charge is -2.17. The standard InChI is InChI=1S/C12H19N3O2/c1-9-7-10(8-11(13-2)14-9)12(16)15(3)5-6-17-4/h7-8H,5-6H2,1-4H3,(H,13,14). The van der Waals surface area contributed by atoms with E-state index >= 15 is 0 Å². The molecule has 1 amide bonds. The molecule has 5 nitrogen and oxygen atoms in total. The van der Waals surface area contributed by atoms with Crippen molar-refractivity contribution in [3.05, 3.63) is 23.4 Å². The van der Waals surface area contributed by atoms with Gasteiger partial charge in [-0.3, -0.25) is 4.79 Å². The highest BCUT2D eigenvalue weighted by Crippen LogP contribution is 2.11. The van der Waals surface area contributed by atoms with Gasteiger partial charge in [-0.05, 0) is 19.1 Å². The number of rotatable bonds is 5. The summed E-state index contributed by atoms with van der Waals surface area (Å²) in [7, 11) is 5.16. The maximum atomic E-state index is 12.1. The number of nitrogens with one attached hydrogen (secondary N) is 1. The zero-order valence-electron chi connectivity index (χ0n) is 10.8. The van der Waals surface area contributed by atoms with Crippen LogP contribution in [-0.4, -0.2) is 50.1 Å². The monoisotopic (exact) mass is 237 g/mol. The van der Waals surface area contributed by atoms with Gasteiger partial charge in [-0.15, -0.1) is 0 Å². The van der Waals surface area contributed by atoms with Crippen molar-refractivity contribution in [1.29, 1.82) is 0 Å². The molecule has 1 aromatic rings. The molecule has 0 bridgehead atoms. The average molecular weight is 237 g/mol. The van der Waals surface area contributed by atoms with Crippen molar-refractivity contribution >= 4 is 11.7 Å². The van der Waals surface area contributed by atoms with Crippen LogP contribution in [0.4, 0.5) is 5.82 Å². The molecule has 1 rings (SSSR count). The first-order chi connectivity index (χ1) is 8.08. The Morgan fingerprint density at radius 3 is 2.82 bits per heavy atom. The number of pyridine rings is 1. The van der Waals surface area contributed by atoms with E-state index in [9.17, 15) is 4.79 Å². The quantitative estimate of drug-likeness (QED) is 0.834. The smallest absolute Gasteiger partial charge is 0.253 e. The molecule has 0 unspecified atom stereocenters. The summed E-state index contributed by atoms with van der Waals surface area (Å²) in [5.74, 6) is 0.678. The Labute approximate surface area is 102 Å². The third kappa shape index (κ3) is 3.71. The topological polar surface area (TPSA) is 54.5 Å². The molecule has 0 aliphatic heterocycles. The zero-order valence-corrected chi connectivity index (χ0v) is 10.8. The highest BCUT2D eigenvalue weighted by Gasteiger charge is 2.12. The van der Waals surface area contributed by atoms with Gasteiger partial charge in [-0.1, -0.05) is 0 Å². The fourth-order valence-corrected chi connectivity index (χ4v) is 1.47. The number of hydrogen-bond donors (Lipinski definition) is 1. The van der Waals surface area contributed by atoms with Gasteiger partial charge in [-0.2, -0.15) is 0 Å². The van der Waals surface area contributed by atoms with E-state index in [1.807, 2.05) is 6.92 Å². The van der Waals surface area contributed by atoms with Crippen LogP contribution >= 0.6 is 0 Å². The van der Waals surface area contributed by atoms with Gasteiger partial charge in [0.05, 0.1) is 6.61 Å². The van der Waals surface area contributed by atoms with Crippen molar-refractivity contribution in [1.82, 2.24) is 9.88 Å². The van der Waals surface area contributed by atoms with Gasteiger partial charge < -0.3 is 15.0 Å². The van der Waals surface area contributed by atoms with Crippen LogP contribution in [0, 0.1) is 6.92 Å². The molecule has 0 radical (unpaired) electrons. The Hall–Kier alpha value is -1.62. The largest absolute Gasteiger partial charge is 0.383 e. The minimum absolute atomic E-state index is 0.0240. The first-order valence-corrected chi connectivity index (χ1v) is 5.49. The normalized spacial score (nSPS) is 10.1. The maximum Gasteiger partial charge on any atom is 0.253 e. The van der Waals surface area contributed by atoms with Crippen molar-refractivity contribution in [2.24, 2.45) is 0 Å². The summed E-state index contributed by atoms with van der Waals surface area (Å²) in [6.07, 6.45) is 0. The lowest BCUT2D eigenvalue weighted by molar-refractivity contribution is 0.0744. The molecule has 0 fully saturated rings. The molecule has 17 heavy (non-hydrogen) atoms. The Kier molecular flexibility index (Phi) is 4.90. The minimum atomic E-state index is -0.0240. The van der Waals surface area contributed by atoms with Crippen LogP contribution in [0.15, 0.2) is 12.1 Å². The molecular formula is C12H19N3O2. The van der Waals surface area contributed by atoms with Crippen molar-refractivity contribution in [2.45, 2.75) is 6.92 Å². The zero-order chi connectivity index (χ0) is 12.8. The van der Waals surface area contributed by atoms with Crippen LogP contribution < -0.4 is 5.32 Å². The second-order valence-corrected chi connectivity index (χ2v) is 3.85. The van der Waals surface area contributed by atoms with Crippen molar-refractivity contribution in [3.63, 3.8) is 0 Å². The first kappa shape index (κ1) is 13.4. The molecule has 0 spiro atoms. The second-order valence-electron chi connectivity index (χ2n) is 3.85. The van der Waals surface area contributed by atoms with Crippen LogP contribution in [0.1, 0.15) is 16.1 Å². The molecule has 1 heterocycles. The summed E-state index contributed by atoms with van der Waals surface area (Å²) in [5, 5.41) is 2.94. The highest BCUT2D eigenvalue weighted by atomic mass is 16.5. The predicted octanol–water partition coefficient (Wildman–Crippen LogP) is 1.15. The van der Waals surface area contributed by atoms with Gasteiger partial charge in [-0.25, -0.2) is 4.98 Å². The summed E-state index contributed by atoms with van der Waals surface area (Å²) < 4.78 is 4.95. The van der Waals surface area contributed by atoms with Gasteiger partial charge in [0, 0.05) is 39.0 Å². The van der Waals surface area contributed by atoms with E-state index in [4.69, 9.17) is 4.74 Å². The first-order valence-electron chi connectivity index (χ1n) is 5.49. The number of carbonyl (C=O) groups excluding carboxylic acids is 1. The molecular weight excluding hydrogens is 218 g/mol. The summed E-state index contributed by atoms with van der Waals surface area (Å²) in [5.41, 5.74) is 1.46. The summed E-state index contributed by atoms with van der Waals surface area (Å²) in [4.78, 5) is 18.0. The van der Waals surface area contributed by atoms with E-state index in [-0.39, 0.29) is 5.91 Å². The predicted molar refractivity (Wildman–Crippen MR) is 67.4 cm³/mol. The Morgan fingerprint density at radius 1 is 1.53 bits per heavy atom. The lowest BCUT2D eigenvalue weighted by atomic mass is 10.2. The van der Waals surface area contributed by atoms with Crippen LogP contribution in [-0.2, 0) is 4.74 Å².